The van der Waals surface area contributed by atoms with E-state index >= 15 is 0 Å². The van der Waals surface area contributed by atoms with Gasteiger partial charge in [-0.15, -0.1) is 0 Å². The second kappa shape index (κ2) is 5.90. The number of nitro groups is 1. The van der Waals surface area contributed by atoms with E-state index in [1.165, 1.54) is 6.07 Å². The van der Waals surface area contributed by atoms with Crippen LogP contribution in [0, 0.1) is 17.0 Å². The van der Waals surface area contributed by atoms with Crippen molar-refractivity contribution in [3.8, 4) is 10.8 Å². The summed E-state index contributed by atoms with van der Waals surface area (Å²) in [7, 11) is 0. The number of rotatable bonds is 4. The Balaban J connectivity index is 2.36. The molecule has 0 radical (unpaired) electrons. The lowest BCUT2D eigenvalue weighted by atomic mass is 10.2. The molecule has 0 aliphatic rings. The maximum atomic E-state index is 11.0. The van der Waals surface area contributed by atoms with Gasteiger partial charge in [0.1, 0.15) is 5.75 Å². The van der Waals surface area contributed by atoms with Crippen LogP contribution in [-0.2, 0) is 0 Å². The SMILES string of the molecule is Cc1cc(Oc2sc([C@@H](C)O)cc2[N+](=O)[O-])ccc1Br. The molecule has 0 saturated heterocycles. The van der Waals surface area contributed by atoms with E-state index in [9.17, 15) is 15.2 Å². The van der Waals surface area contributed by atoms with Crippen LogP contribution in [0.3, 0.4) is 0 Å². The van der Waals surface area contributed by atoms with Gasteiger partial charge >= 0.3 is 5.69 Å². The molecule has 7 heteroatoms. The first-order valence-electron chi connectivity index (χ1n) is 5.78. The highest BCUT2D eigenvalue weighted by Crippen LogP contribution is 2.42. The molecule has 2 aromatic rings. The Labute approximate surface area is 128 Å². The Morgan fingerprint density at radius 2 is 2.15 bits per heavy atom. The molecule has 5 nitrogen and oxygen atoms in total. The van der Waals surface area contributed by atoms with Crippen molar-refractivity contribution in [3.63, 3.8) is 0 Å². The molecule has 1 aromatic carbocycles. The summed E-state index contributed by atoms with van der Waals surface area (Å²) in [5.74, 6) is 0.521. The lowest BCUT2D eigenvalue weighted by molar-refractivity contribution is -0.385. The third kappa shape index (κ3) is 3.17. The zero-order valence-corrected chi connectivity index (χ0v) is 13.2. The Morgan fingerprint density at radius 1 is 1.45 bits per heavy atom. The minimum atomic E-state index is -0.761. The third-order valence-electron chi connectivity index (χ3n) is 2.65. The van der Waals surface area contributed by atoms with Crippen LogP contribution in [0.4, 0.5) is 5.69 Å². The molecule has 1 heterocycles. The largest absolute Gasteiger partial charge is 0.440 e. The van der Waals surface area contributed by atoms with Gasteiger partial charge in [0.2, 0.25) is 0 Å². The molecule has 0 fully saturated rings. The highest BCUT2D eigenvalue weighted by atomic mass is 79.9. The number of hydrogen-bond donors (Lipinski definition) is 1. The normalized spacial score (nSPS) is 12.2. The molecule has 0 aliphatic carbocycles. The van der Waals surface area contributed by atoms with Crippen LogP contribution in [0.15, 0.2) is 28.7 Å². The Bertz CT molecular complexity index is 654. The smallest absolute Gasteiger partial charge is 0.323 e. The fourth-order valence-corrected chi connectivity index (χ4v) is 2.75. The van der Waals surface area contributed by atoms with Crippen LogP contribution >= 0.6 is 27.3 Å². The lowest BCUT2D eigenvalue weighted by Gasteiger charge is -2.05. The first-order chi connectivity index (χ1) is 9.38. The van der Waals surface area contributed by atoms with Crippen LogP contribution in [0.5, 0.6) is 10.8 Å². The van der Waals surface area contributed by atoms with Crippen molar-refractivity contribution in [2.24, 2.45) is 0 Å². The fraction of sp³-hybridized carbons (Fsp3) is 0.231. The minimum absolute atomic E-state index is 0.133. The summed E-state index contributed by atoms with van der Waals surface area (Å²) >= 11 is 4.46. The number of ether oxygens (including phenoxy) is 1. The van der Waals surface area contributed by atoms with Gasteiger partial charge in [0.05, 0.1) is 11.0 Å². The van der Waals surface area contributed by atoms with E-state index in [1.807, 2.05) is 13.0 Å². The summed E-state index contributed by atoms with van der Waals surface area (Å²) < 4.78 is 6.52. The van der Waals surface area contributed by atoms with Gasteiger partial charge < -0.3 is 9.84 Å². The van der Waals surface area contributed by atoms with Crippen molar-refractivity contribution in [2.45, 2.75) is 20.0 Å². The number of hydrogen-bond acceptors (Lipinski definition) is 5. The number of thiophene rings is 1. The number of benzene rings is 1. The number of halogens is 1. The monoisotopic (exact) mass is 357 g/mol. The van der Waals surface area contributed by atoms with Gasteiger partial charge in [0, 0.05) is 15.4 Å². The molecule has 0 amide bonds. The van der Waals surface area contributed by atoms with Gasteiger partial charge in [-0.2, -0.15) is 0 Å². The molecule has 0 saturated carbocycles. The van der Waals surface area contributed by atoms with Gasteiger partial charge in [0.15, 0.2) is 0 Å². The zero-order valence-electron chi connectivity index (χ0n) is 10.8. The van der Waals surface area contributed by atoms with Crippen LogP contribution in [0.25, 0.3) is 0 Å². The van der Waals surface area contributed by atoms with Crippen molar-refractivity contribution >= 4 is 33.0 Å². The van der Waals surface area contributed by atoms with Crippen LogP contribution in [0.1, 0.15) is 23.5 Å². The average Bonchev–Trinajstić information content (AvgIpc) is 2.78. The molecule has 0 unspecified atom stereocenters. The molecule has 0 bridgehead atoms. The van der Waals surface area contributed by atoms with Crippen molar-refractivity contribution < 1.29 is 14.8 Å². The van der Waals surface area contributed by atoms with Gasteiger partial charge in [-0.3, -0.25) is 10.1 Å². The quantitative estimate of drug-likeness (QED) is 0.642. The maximum absolute atomic E-state index is 11.0. The lowest BCUT2D eigenvalue weighted by Crippen LogP contribution is -1.90. The molecule has 2 rings (SSSR count). The molecule has 20 heavy (non-hydrogen) atoms. The van der Waals surface area contributed by atoms with Gasteiger partial charge in [-0.25, -0.2) is 0 Å². The number of nitrogens with zero attached hydrogens (tertiary/aromatic N) is 1. The summed E-state index contributed by atoms with van der Waals surface area (Å²) in [6, 6.07) is 6.67. The molecule has 1 aromatic heterocycles. The van der Waals surface area contributed by atoms with Crippen LogP contribution in [-0.4, -0.2) is 10.0 Å². The topological polar surface area (TPSA) is 72.6 Å². The highest BCUT2D eigenvalue weighted by molar-refractivity contribution is 9.10. The van der Waals surface area contributed by atoms with E-state index in [1.54, 1.807) is 19.1 Å². The first kappa shape index (κ1) is 15.0. The number of aliphatic hydroxyl groups is 1. The van der Waals surface area contributed by atoms with E-state index < -0.39 is 11.0 Å². The van der Waals surface area contributed by atoms with Crippen molar-refractivity contribution in [1.82, 2.24) is 0 Å². The molecule has 0 spiro atoms. The second-order valence-corrected chi connectivity index (χ2v) is 6.17. The average molecular weight is 358 g/mol. The van der Waals surface area contributed by atoms with Crippen LogP contribution < -0.4 is 4.74 Å². The third-order valence-corrected chi connectivity index (χ3v) is 4.71. The second-order valence-electron chi connectivity index (χ2n) is 4.27. The molecule has 0 aliphatic heterocycles. The van der Waals surface area contributed by atoms with Gasteiger partial charge in [-0.1, -0.05) is 27.3 Å². The maximum Gasteiger partial charge on any atom is 0.323 e. The van der Waals surface area contributed by atoms with E-state index in [4.69, 9.17) is 4.74 Å². The summed E-state index contributed by atoms with van der Waals surface area (Å²) in [6.07, 6.45) is -0.761. The minimum Gasteiger partial charge on any atom is -0.440 e. The summed E-state index contributed by atoms with van der Waals surface area (Å²) in [5, 5.41) is 20.7. The van der Waals surface area contributed by atoms with Crippen molar-refractivity contribution in [1.29, 1.82) is 0 Å². The molecule has 1 atom stereocenters. The molecular weight excluding hydrogens is 346 g/mol. The van der Waals surface area contributed by atoms with E-state index in [2.05, 4.69) is 15.9 Å². The Morgan fingerprint density at radius 3 is 2.70 bits per heavy atom. The van der Waals surface area contributed by atoms with Gasteiger partial charge in [0.25, 0.3) is 5.06 Å². The predicted molar refractivity (Wildman–Crippen MR) is 80.6 cm³/mol. The first-order valence-corrected chi connectivity index (χ1v) is 7.39. The number of aryl methyl sites for hydroxylation is 1. The Kier molecular flexibility index (Phi) is 4.42. The van der Waals surface area contributed by atoms with Crippen LogP contribution in [0.2, 0.25) is 0 Å². The standard InChI is InChI=1S/C13H12BrNO4S/c1-7-5-9(3-4-10(7)14)19-13-11(15(17)18)6-12(20-13)8(2)16/h3-6,8,16H,1-2H3/t8-/m1/s1. The molecule has 1 N–H and O–H groups in total. The highest BCUT2D eigenvalue weighted by Gasteiger charge is 2.23. The van der Waals surface area contributed by atoms with E-state index in [0.717, 1.165) is 21.4 Å². The molecule has 106 valence electrons. The van der Waals surface area contributed by atoms with E-state index in [-0.39, 0.29) is 10.8 Å². The number of aliphatic hydroxyl groups excluding tert-OH is 1. The van der Waals surface area contributed by atoms with Crippen molar-refractivity contribution in [3.05, 3.63) is 49.3 Å². The van der Waals surface area contributed by atoms with Gasteiger partial charge in [-0.05, 0) is 37.6 Å². The summed E-state index contributed by atoms with van der Waals surface area (Å²) in [4.78, 5) is 11.0. The van der Waals surface area contributed by atoms with E-state index in [0.29, 0.717) is 10.6 Å². The predicted octanol–water partition coefficient (Wildman–Crippen LogP) is 4.57. The van der Waals surface area contributed by atoms with Crippen molar-refractivity contribution in [2.75, 3.05) is 0 Å². The Hall–Kier alpha value is -1.44. The summed E-state index contributed by atoms with van der Waals surface area (Å²) in [6.45, 7) is 3.46. The zero-order chi connectivity index (χ0) is 14.9. The molecular formula is C13H12BrNO4S. The fourth-order valence-electron chi connectivity index (χ4n) is 1.58. The summed E-state index contributed by atoms with van der Waals surface area (Å²) in [5.41, 5.74) is 0.837.